The molecule has 0 aliphatic rings. The molecule has 40 valence electrons. The van der Waals surface area contributed by atoms with E-state index in [1.807, 2.05) is 0 Å². The molecule has 0 spiro atoms. The zero-order chi connectivity index (χ0) is 3.58. The van der Waals surface area contributed by atoms with Crippen molar-refractivity contribution in [3.63, 3.8) is 0 Å². The molecule has 0 aliphatic heterocycles. The van der Waals surface area contributed by atoms with Gasteiger partial charge in [-0.25, -0.2) is 0 Å². The first-order valence-corrected chi connectivity index (χ1v) is 0.632. The minimum atomic E-state index is -2.08. The SMILES string of the molecule is O=C([O-])O.[Br-].[I-].[K+].[K+].[K+]. The van der Waals surface area contributed by atoms with Crippen molar-refractivity contribution in [3.05, 3.63) is 0 Å². The molecule has 9 heavy (non-hydrogen) atoms. The van der Waals surface area contributed by atoms with E-state index in [4.69, 9.17) is 15.0 Å². The molecule has 0 fully saturated rings. The Hall–Kier alpha value is 5.39. The zero-order valence-electron chi connectivity index (χ0n) is 5.52. The molecule has 3 nitrogen and oxygen atoms in total. The van der Waals surface area contributed by atoms with Crippen LogP contribution in [0.3, 0.4) is 0 Å². The van der Waals surface area contributed by atoms with E-state index in [9.17, 15) is 0 Å². The zero-order valence-corrected chi connectivity index (χ0v) is 18.6. The van der Waals surface area contributed by atoms with Gasteiger partial charge in [-0.3, -0.25) is 0 Å². The third kappa shape index (κ3) is 59.8. The van der Waals surface area contributed by atoms with Crippen LogP contribution in [0.1, 0.15) is 0 Å². The van der Waals surface area contributed by atoms with Crippen LogP contribution in [0.4, 0.5) is 4.79 Å². The van der Waals surface area contributed by atoms with Crippen LogP contribution in [0.25, 0.3) is 0 Å². The van der Waals surface area contributed by atoms with Gasteiger partial charge in [0.05, 0.1) is 0 Å². The predicted octanol–water partition coefficient (Wildman–Crippen LogP) is -16.1. The topological polar surface area (TPSA) is 60.4 Å². The fraction of sp³-hybridized carbons (Fsp3) is 0. The number of halogens is 2. The van der Waals surface area contributed by atoms with E-state index in [0.717, 1.165) is 0 Å². The second-order valence-corrected chi connectivity index (χ2v) is 0.266. The van der Waals surface area contributed by atoms with Crippen LogP contribution in [-0.2, 0) is 0 Å². The monoisotopic (exact) mass is 384 g/mol. The van der Waals surface area contributed by atoms with E-state index in [0.29, 0.717) is 0 Å². The van der Waals surface area contributed by atoms with Gasteiger partial charge in [0.15, 0.2) is 0 Å². The molecular formula is CHBrIK3O3. The summed E-state index contributed by atoms with van der Waals surface area (Å²) in [5.74, 6) is 0. The Morgan fingerprint density at radius 1 is 1.22 bits per heavy atom. The number of hydrogen-bond acceptors (Lipinski definition) is 2. The van der Waals surface area contributed by atoms with Crippen LogP contribution in [0.5, 0.6) is 0 Å². The first-order valence-electron chi connectivity index (χ1n) is 0.632. The Labute approximate surface area is 209 Å². The van der Waals surface area contributed by atoms with E-state index in [1.165, 1.54) is 0 Å². The first-order chi connectivity index (χ1) is 1.73. The van der Waals surface area contributed by atoms with Gasteiger partial charge in [0, 0.05) is 0 Å². The van der Waals surface area contributed by atoms with E-state index >= 15 is 0 Å². The van der Waals surface area contributed by atoms with Gasteiger partial charge in [0.1, 0.15) is 0 Å². The largest absolute Gasteiger partial charge is 1.00 e. The van der Waals surface area contributed by atoms with Gasteiger partial charge in [0.25, 0.3) is 0 Å². The molecule has 1 N–H and O–H groups in total. The fourth-order valence-electron chi connectivity index (χ4n) is 0. The van der Waals surface area contributed by atoms with Gasteiger partial charge in [-0.1, -0.05) is 0 Å². The molecular weight excluding hydrogens is 384 g/mol. The van der Waals surface area contributed by atoms with Crippen LogP contribution in [0.15, 0.2) is 0 Å². The van der Waals surface area contributed by atoms with Crippen molar-refractivity contribution < 1.29 is 210 Å². The molecule has 0 saturated heterocycles. The van der Waals surface area contributed by atoms with Crippen molar-refractivity contribution in [1.82, 2.24) is 0 Å². The van der Waals surface area contributed by atoms with Gasteiger partial charge in [-0.05, 0) is 0 Å². The number of hydrogen-bond donors (Lipinski definition) is 1. The third-order valence-corrected chi connectivity index (χ3v) is 0. The van der Waals surface area contributed by atoms with Crippen molar-refractivity contribution in [2.45, 2.75) is 0 Å². The number of carboxylic acid groups (broad SMARTS) is 2. The summed E-state index contributed by atoms with van der Waals surface area (Å²) in [5.41, 5.74) is 0. The average molecular weight is 385 g/mol. The van der Waals surface area contributed by atoms with Gasteiger partial charge in [0.2, 0.25) is 6.16 Å². The van der Waals surface area contributed by atoms with Gasteiger partial charge in [-0.2, -0.15) is 0 Å². The minimum Gasteiger partial charge on any atom is -1.00 e. The number of rotatable bonds is 0. The van der Waals surface area contributed by atoms with E-state index in [1.54, 1.807) is 0 Å². The molecule has 0 aromatic heterocycles. The maximum atomic E-state index is 8.44. The molecule has 0 rings (SSSR count). The van der Waals surface area contributed by atoms with Gasteiger partial charge in [-0.15, -0.1) is 0 Å². The minimum absolute atomic E-state index is 0. The summed E-state index contributed by atoms with van der Waals surface area (Å²) in [6.07, 6.45) is -2.08. The Balaban J connectivity index is -0.00000000450. The van der Waals surface area contributed by atoms with Crippen molar-refractivity contribution >= 4 is 6.16 Å². The molecule has 8 heteroatoms. The maximum absolute atomic E-state index is 8.44. The third-order valence-electron chi connectivity index (χ3n) is 0. The van der Waals surface area contributed by atoms with Crippen LogP contribution < -0.4 is 200 Å². The van der Waals surface area contributed by atoms with Crippen LogP contribution in [0.2, 0.25) is 0 Å². The summed E-state index contributed by atoms with van der Waals surface area (Å²) in [7, 11) is 0. The smallest absolute Gasteiger partial charge is 1.00 e. The van der Waals surface area contributed by atoms with E-state index < -0.39 is 6.16 Å². The summed E-state index contributed by atoms with van der Waals surface area (Å²) in [5, 5.41) is 15.3. The summed E-state index contributed by atoms with van der Waals surface area (Å²) in [6.45, 7) is 0. The summed E-state index contributed by atoms with van der Waals surface area (Å²) in [6, 6.07) is 0. The quantitative estimate of drug-likeness (QED) is 0.333. The molecule has 0 bridgehead atoms. The molecule has 0 amide bonds. The van der Waals surface area contributed by atoms with Gasteiger partial charge >= 0.3 is 154 Å². The number of carbonyl (C=O) groups is 1. The fourth-order valence-corrected chi connectivity index (χ4v) is 0. The molecule has 0 saturated carbocycles. The molecule has 0 radical (unpaired) electrons. The molecule has 0 heterocycles. The summed E-state index contributed by atoms with van der Waals surface area (Å²) in [4.78, 5) is 8.44. The molecule has 0 aromatic carbocycles. The van der Waals surface area contributed by atoms with Crippen molar-refractivity contribution in [3.8, 4) is 0 Å². The average Bonchev–Trinajstić information content (AvgIpc) is 0.811. The van der Waals surface area contributed by atoms with Crippen LogP contribution >= 0.6 is 0 Å². The van der Waals surface area contributed by atoms with Gasteiger partial charge < -0.3 is 56.0 Å². The molecule has 0 unspecified atom stereocenters. The van der Waals surface area contributed by atoms with Crippen molar-refractivity contribution in [2.24, 2.45) is 0 Å². The first kappa shape index (κ1) is 36.7. The Morgan fingerprint density at radius 2 is 1.22 bits per heavy atom. The maximum Gasteiger partial charge on any atom is 1.00 e. The summed E-state index contributed by atoms with van der Waals surface area (Å²) < 4.78 is 0. The second kappa shape index (κ2) is 29.2. The molecule has 0 atom stereocenters. The predicted molar refractivity (Wildman–Crippen MR) is 8.02 cm³/mol. The Kier molecular flexibility index (Phi) is 119. The van der Waals surface area contributed by atoms with E-state index in [-0.39, 0.29) is 195 Å². The molecule has 0 aromatic rings. The van der Waals surface area contributed by atoms with Crippen molar-refractivity contribution in [2.75, 3.05) is 0 Å². The van der Waals surface area contributed by atoms with Crippen LogP contribution in [-0.4, -0.2) is 11.3 Å². The second-order valence-electron chi connectivity index (χ2n) is 0.266. The van der Waals surface area contributed by atoms with E-state index in [2.05, 4.69) is 0 Å². The molecule has 0 aliphatic carbocycles. The standard InChI is InChI=1S/CH2O3.BrH.HI.3K/c2-1(3)4;;;;;/h(H2,2,3,4);2*1H;;;/q;;;3*+1/p-3. The summed E-state index contributed by atoms with van der Waals surface area (Å²) >= 11 is 0. The normalized spacial score (nSPS) is 2.67. The Bertz CT molecular complexity index is 42.0. The van der Waals surface area contributed by atoms with Crippen molar-refractivity contribution in [1.29, 1.82) is 0 Å². The Morgan fingerprint density at radius 3 is 1.22 bits per heavy atom. The van der Waals surface area contributed by atoms with Crippen LogP contribution in [0, 0.1) is 0 Å².